The van der Waals surface area contributed by atoms with E-state index in [9.17, 15) is 5.11 Å². The quantitative estimate of drug-likeness (QED) is 0.304. The summed E-state index contributed by atoms with van der Waals surface area (Å²) >= 11 is 1.66. The van der Waals surface area contributed by atoms with E-state index in [0.717, 1.165) is 43.2 Å². The van der Waals surface area contributed by atoms with Crippen LogP contribution in [0.2, 0.25) is 0 Å². The third-order valence-corrected chi connectivity index (χ3v) is 4.30. The van der Waals surface area contributed by atoms with Crippen molar-refractivity contribution in [3.63, 3.8) is 0 Å². The minimum atomic E-state index is -0.655. The highest BCUT2D eigenvalue weighted by Crippen LogP contribution is 2.18. The molecule has 1 aromatic heterocycles. The molecule has 0 amide bonds. The Labute approximate surface area is 161 Å². The van der Waals surface area contributed by atoms with Gasteiger partial charge in [0.1, 0.15) is 5.01 Å². The number of hydrogen-bond acceptors (Lipinski definition) is 4. The number of aryl methyl sites for hydroxylation is 1. The fraction of sp³-hybridized carbons (Fsp3) is 0.750. The van der Waals surface area contributed by atoms with Gasteiger partial charge in [0.25, 0.3) is 0 Å². The molecule has 1 heterocycles. The number of aliphatic hydroxyl groups is 1. The summed E-state index contributed by atoms with van der Waals surface area (Å²) in [6, 6.07) is 0. The van der Waals surface area contributed by atoms with Crippen LogP contribution in [0.4, 0.5) is 0 Å². The van der Waals surface area contributed by atoms with Crippen LogP contribution in [0.5, 0.6) is 0 Å². The lowest BCUT2D eigenvalue weighted by atomic mass is 9.93. The minimum Gasteiger partial charge on any atom is -0.388 e. The molecule has 0 atom stereocenters. The van der Waals surface area contributed by atoms with Gasteiger partial charge in [-0.3, -0.25) is 0 Å². The SMILES string of the molecule is CCCC(O)(CCC)CNC(=NCc1ncc(C)s1)NCC.I. The second-order valence-corrected chi connectivity index (χ2v) is 6.96. The zero-order chi connectivity index (χ0) is 16.4. The maximum atomic E-state index is 10.7. The molecule has 1 aromatic rings. The molecule has 1 rings (SSSR count). The topological polar surface area (TPSA) is 69.5 Å². The van der Waals surface area contributed by atoms with Crippen molar-refractivity contribution in [3.8, 4) is 0 Å². The molecule has 0 aliphatic rings. The summed E-state index contributed by atoms with van der Waals surface area (Å²) in [5, 5.41) is 18.2. The molecular formula is C16H31IN4OS. The summed E-state index contributed by atoms with van der Waals surface area (Å²) in [6.07, 6.45) is 5.43. The van der Waals surface area contributed by atoms with E-state index in [1.807, 2.05) is 20.0 Å². The molecule has 0 radical (unpaired) electrons. The van der Waals surface area contributed by atoms with Crippen LogP contribution < -0.4 is 10.6 Å². The molecule has 0 spiro atoms. The summed E-state index contributed by atoms with van der Waals surface area (Å²) in [5.74, 6) is 0.737. The van der Waals surface area contributed by atoms with Crippen LogP contribution in [0.15, 0.2) is 11.2 Å². The van der Waals surface area contributed by atoms with E-state index < -0.39 is 5.60 Å². The smallest absolute Gasteiger partial charge is 0.191 e. The number of halogens is 1. The molecule has 0 saturated heterocycles. The number of thiazole rings is 1. The second-order valence-electron chi connectivity index (χ2n) is 5.64. The van der Waals surface area contributed by atoms with Crippen molar-refractivity contribution in [2.24, 2.45) is 4.99 Å². The molecule has 0 aliphatic heterocycles. The van der Waals surface area contributed by atoms with Gasteiger partial charge in [-0.05, 0) is 26.7 Å². The molecule has 0 aliphatic carbocycles. The Bertz CT molecular complexity index is 459. The summed E-state index contributed by atoms with van der Waals surface area (Å²) in [7, 11) is 0. The van der Waals surface area contributed by atoms with Gasteiger partial charge in [-0.2, -0.15) is 0 Å². The van der Waals surface area contributed by atoms with Gasteiger partial charge in [0.05, 0.1) is 12.1 Å². The first-order valence-electron chi connectivity index (χ1n) is 8.18. The van der Waals surface area contributed by atoms with Gasteiger partial charge in [0, 0.05) is 24.2 Å². The fourth-order valence-corrected chi connectivity index (χ4v) is 3.16. The molecule has 0 unspecified atom stereocenters. The molecule has 0 fully saturated rings. The van der Waals surface area contributed by atoms with Crippen LogP contribution in [-0.4, -0.2) is 34.7 Å². The number of hydrogen-bond donors (Lipinski definition) is 3. The van der Waals surface area contributed by atoms with Crippen LogP contribution in [0.25, 0.3) is 0 Å². The lowest BCUT2D eigenvalue weighted by Crippen LogP contribution is -2.47. The van der Waals surface area contributed by atoms with Crippen molar-refractivity contribution in [2.75, 3.05) is 13.1 Å². The third kappa shape index (κ3) is 8.85. The van der Waals surface area contributed by atoms with Crippen molar-refractivity contribution >= 4 is 41.3 Å². The predicted octanol–water partition coefficient (Wildman–Crippen LogP) is 3.46. The molecule has 0 aromatic carbocycles. The Kier molecular flexibility index (Phi) is 11.8. The Hall–Kier alpha value is -0.410. The van der Waals surface area contributed by atoms with Gasteiger partial charge < -0.3 is 15.7 Å². The zero-order valence-electron chi connectivity index (χ0n) is 14.7. The first-order valence-corrected chi connectivity index (χ1v) is 9.00. The largest absolute Gasteiger partial charge is 0.388 e. The van der Waals surface area contributed by atoms with Crippen LogP contribution in [-0.2, 0) is 6.54 Å². The molecule has 3 N–H and O–H groups in total. The number of rotatable bonds is 9. The van der Waals surface area contributed by atoms with Crippen LogP contribution in [0.1, 0.15) is 56.3 Å². The molecule has 23 heavy (non-hydrogen) atoms. The zero-order valence-corrected chi connectivity index (χ0v) is 17.8. The van der Waals surface area contributed by atoms with E-state index in [0.29, 0.717) is 13.1 Å². The minimum absolute atomic E-state index is 0. The van der Waals surface area contributed by atoms with E-state index in [4.69, 9.17) is 0 Å². The summed E-state index contributed by atoms with van der Waals surface area (Å²) < 4.78 is 0. The molecular weight excluding hydrogens is 423 g/mol. The van der Waals surface area contributed by atoms with Gasteiger partial charge >= 0.3 is 0 Å². The number of guanidine groups is 1. The monoisotopic (exact) mass is 454 g/mol. The number of nitrogens with zero attached hydrogens (tertiary/aromatic N) is 2. The summed E-state index contributed by atoms with van der Waals surface area (Å²) in [4.78, 5) is 10.1. The molecule has 0 saturated carbocycles. The number of aliphatic imine (C=N–C) groups is 1. The normalized spacial score (nSPS) is 12.0. The summed E-state index contributed by atoms with van der Waals surface area (Å²) in [5.41, 5.74) is -0.655. The van der Waals surface area contributed by atoms with E-state index in [1.54, 1.807) is 11.3 Å². The lowest BCUT2D eigenvalue weighted by molar-refractivity contribution is 0.0257. The van der Waals surface area contributed by atoms with Gasteiger partial charge in [-0.25, -0.2) is 9.98 Å². The first kappa shape index (κ1) is 22.6. The van der Waals surface area contributed by atoms with Crippen LogP contribution >= 0.6 is 35.3 Å². The number of nitrogens with one attached hydrogen (secondary N) is 2. The van der Waals surface area contributed by atoms with Crippen molar-refractivity contribution in [1.82, 2.24) is 15.6 Å². The van der Waals surface area contributed by atoms with Crippen LogP contribution in [0.3, 0.4) is 0 Å². The van der Waals surface area contributed by atoms with Gasteiger partial charge in [0.15, 0.2) is 5.96 Å². The van der Waals surface area contributed by atoms with E-state index in [-0.39, 0.29) is 24.0 Å². The summed E-state index contributed by atoms with van der Waals surface area (Å²) in [6.45, 7) is 10.2. The van der Waals surface area contributed by atoms with Crippen LogP contribution in [0, 0.1) is 6.92 Å². The average molecular weight is 454 g/mol. The molecule has 134 valence electrons. The molecule has 0 bridgehead atoms. The van der Waals surface area contributed by atoms with Gasteiger partial charge in [-0.1, -0.05) is 26.7 Å². The predicted molar refractivity (Wildman–Crippen MR) is 110 cm³/mol. The van der Waals surface area contributed by atoms with Gasteiger partial charge in [-0.15, -0.1) is 35.3 Å². The number of aromatic nitrogens is 1. The highest BCUT2D eigenvalue weighted by atomic mass is 127. The highest BCUT2D eigenvalue weighted by molar-refractivity contribution is 14.0. The second kappa shape index (κ2) is 12.0. The maximum absolute atomic E-state index is 10.7. The third-order valence-electron chi connectivity index (χ3n) is 3.40. The Morgan fingerprint density at radius 1 is 1.26 bits per heavy atom. The van der Waals surface area contributed by atoms with E-state index >= 15 is 0 Å². The Balaban J connectivity index is 0.00000484. The van der Waals surface area contributed by atoms with Crippen molar-refractivity contribution in [3.05, 3.63) is 16.1 Å². The van der Waals surface area contributed by atoms with E-state index in [1.165, 1.54) is 4.88 Å². The average Bonchev–Trinajstić information content (AvgIpc) is 2.88. The van der Waals surface area contributed by atoms with Gasteiger partial charge in [0.2, 0.25) is 0 Å². The van der Waals surface area contributed by atoms with Crippen molar-refractivity contribution in [2.45, 2.75) is 65.5 Å². The maximum Gasteiger partial charge on any atom is 0.191 e. The van der Waals surface area contributed by atoms with E-state index in [2.05, 4.69) is 34.5 Å². The molecule has 5 nitrogen and oxygen atoms in total. The van der Waals surface area contributed by atoms with Crippen molar-refractivity contribution < 1.29 is 5.11 Å². The Morgan fingerprint density at radius 2 is 1.91 bits per heavy atom. The lowest BCUT2D eigenvalue weighted by Gasteiger charge is -2.28. The van der Waals surface area contributed by atoms with Crippen molar-refractivity contribution in [1.29, 1.82) is 0 Å². The fourth-order valence-electron chi connectivity index (χ4n) is 2.44. The molecule has 7 heteroatoms. The standard InChI is InChI=1S/C16H30N4OS.HI/c1-5-8-16(21,9-6-2)12-20-15(17-7-3)19-11-14-18-10-13(4)22-14;/h10,21H,5-9,11-12H2,1-4H3,(H2,17,19,20);1H. The highest BCUT2D eigenvalue weighted by Gasteiger charge is 2.24. The first-order chi connectivity index (χ1) is 10.5. The Morgan fingerprint density at radius 3 is 2.39 bits per heavy atom.